The number of nitrogens with zero attached hydrogens (tertiary/aromatic N) is 2. The number of pyridine rings is 1. The van der Waals surface area contributed by atoms with Gasteiger partial charge in [0.1, 0.15) is 0 Å². The van der Waals surface area contributed by atoms with Crippen molar-refractivity contribution in [1.82, 2.24) is 9.88 Å². The molecule has 0 bridgehead atoms. The predicted octanol–water partition coefficient (Wildman–Crippen LogP) is 4.45. The van der Waals surface area contributed by atoms with Crippen molar-refractivity contribution >= 4 is 26.8 Å². The number of hydrogen-bond donors (Lipinski definition) is 1. The molecule has 1 heterocycles. The molecule has 27 heavy (non-hydrogen) atoms. The maximum absolute atomic E-state index is 11.1. The van der Waals surface area contributed by atoms with Crippen molar-refractivity contribution in [2.75, 3.05) is 27.7 Å². The number of halogens is 1. The van der Waals surface area contributed by atoms with Crippen LogP contribution in [0.3, 0.4) is 0 Å². The van der Waals surface area contributed by atoms with Gasteiger partial charge in [-0.05, 0) is 50.3 Å². The van der Waals surface area contributed by atoms with E-state index in [1.54, 1.807) is 7.11 Å². The number of benzene rings is 2. The first-order valence-corrected chi connectivity index (χ1v) is 9.81. The Balaban J connectivity index is 2.12. The van der Waals surface area contributed by atoms with Gasteiger partial charge in [-0.1, -0.05) is 46.3 Å². The highest BCUT2D eigenvalue weighted by Crippen LogP contribution is 2.37. The highest BCUT2D eigenvalue weighted by atomic mass is 79.9. The molecule has 2 aromatic carbocycles. The van der Waals surface area contributed by atoms with Gasteiger partial charge in [0.25, 0.3) is 0 Å². The highest BCUT2D eigenvalue weighted by Gasteiger charge is 2.27. The standard InChI is InChI=1S/C22H25BrN2O2/c1-25(2)12-11-20(26)21(15-7-5-4-6-8-15)18-14-16-13-17(23)9-10-19(16)24-22(18)27-3/h4-10,13-14,20-21,26H,11-12H2,1-3H3/t20-,21+/m0/s1. The monoisotopic (exact) mass is 428 g/mol. The number of rotatable bonds is 7. The Bertz CT molecular complexity index is 899. The molecule has 0 fully saturated rings. The summed E-state index contributed by atoms with van der Waals surface area (Å²) in [5.41, 5.74) is 2.83. The number of methoxy groups -OCH3 is 1. The number of hydrogen-bond acceptors (Lipinski definition) is 4. The fourth-order valence-corrected chi connectivity index (χ4v) is 3.74. The zero-order valence-electron chi connectivity index (χ0n) is 15.9. The fourth-order valence-electron chi connectivity index (χ4n) is 3.36. The summed E-state index contributed by atoms with van der Waals surface area (Å²) in [6, 6.07) is 18.1. The first-order chi connectivity index (χ1) is 13.0. The molecule has 142 valence electrons. The molecule has 3 rings (SSSR count). The molecule has 5 heteroatoms. The number of aliphatic hydroxyl groups is 1. The molecule has 0 unspecified atom stereocenters. The summed E-state index contributed by atoms with van der Waals surface area (Å²) in [7, 11) is 5.66. The number of aliphatic hydroxyl groups excluding tert-OH is 1. The van der Waals surface area contributed by atoms with Gasteiger partial charge in [0.15, 0.2) is 0 Å². The Kier molecular flexibility index (Phi) is 6.47. The van der Waals surface area contributed by atoms with Gasteiger partial charge < -0.3 is 14.7 Å². The molecule has 0 saturated carbocycles. The van der Waals surface area contributed by atoms with Crippen LogP contribution in [-0.4, -0.2) is 48.8 Å². The summed E-state index contributed by atoms with van der Waals surface area (Å²) in [5.74, 6) is 0.347. The third-order valence-corrected chi connectivity index (χ3v) is 5.21. The summed E-state index contributed by atoms with van der Waals surface area (Å²) in [4.78, 5) is 6.78. The summed E-state index contributed by atoms with van der Waals surface area (Å²) in [6.07, 6.45) is 0.113. The smallest absolute Gasteiger partial charge is 0.217 e. The molecular formula is C22H25BrN2O2. The molecule has 0 saturated heterocycles. The van der Waals surface area contributed by atoms with E-state index in [0.29, 0.717) is 12.3 Å². The van der Waals surface area contributed by atoms with Crippen LogP contribution in [0.25, 0.3) is 10.9 Å². The van der Waals surface area contributed by atoms with Crippen LogP contribution in [0.1, 0.15) is 23.5 Å². The van der Waals surface area contributed by atoms with Crippen molar-refractivity contribution in [3.8, 4) is 5.88 Å². The second-order valence-electron chi connectivity index (χ2n) is 6.97. The molecule has 0 aliphatic carbocycles. The van der Waals surface area contributed by atoms with Crippen molar-refractivity contribution in [2.24, 2.45) is 0 Å². The van der Waals surface area contributed by atoms with Crippen LogP contribution in [0.2, 0.25) is 0 Å². The van der Waals surface area contributed by atoms with Crippen molar-refractivity contribution in [3.05, 3.63) is 70.2 Å². The van der Waals surface area contributed by atoms with E-state index in [9.17, 15) is 5.11 Å². The van der Waals surface area contributed by atoms with Crippen LogP contribution < -0.4 is 4.74 Å². The minimum atomic E-state index is -0.546. The highest BCUT2D eigenvalue weighted by molar-refractivity contribution is 9.10. The number of fused-ring (bicyclic) bond motifs is 1. The Morgan fingerprint density at radius 3 is 2.52 bits per heavy atom. The van der Waals surface area contributed by atoms with Crippen LogP contribution in [-0.2, 0) is 0 Å². The molecular weight excluding hydrogens is 404 g/mol. The molecule has 1 N–H and O–H groups in total. The third-order valence-electron chi connectivity index (χ3n) is 4.71. The lowest BCUT2D eigenvalue weighted by Gasteiger charge is -2.26. The van der Waals surface area contributed by atoms with Crippen LogP contribution in [0, 0.1) is 0 Å². The lowest BCUT2D eigenvalue weighted by molar-refractivity contribution is 0.134. The molecule has 0 amide bonds. The minimum absolute atomic E-state index is 0.211. The third kappa shape index (κ3) is 4.67. The first-order valence-electron chi connectivity index (χ1n) is 9.01. The molecule has 0 spiro atoms. The van der Waals surface area contributed by atoms with E-state index in [0.717, 1.165) is 33.0 Å². The topological polar surface area (TPSA) is 45.6 Å². The molecule has 3 aromatic rings. The molecule has 0 aliphatic rings. The van der Waals surface area contributed by atoms with Gasteiger partial charge in [-0.3, -0.25) is 0 Å². The predicted molar refractivity (Wildman–Crippen MR) is 113 cm³/mol. The Morgan fingerprint density at radius 1 is 1.11 bits per heavy atom. The van der Waals surface area contributed by atoms with Gasteiger partial charge in [0, 0.05) is 27.9 Å². The van der Waals surface area contributed by atoms with Crippen molar-refractivity contribution in [1.29, 1.82) is 0 Å². The van der Waals surface area contributed by atoms with Crippen LogP contribution >= 0.6 is 15.9 Å². The first kappa shape index (κ1) is 19.8. The lowest BCUT2D eigenvalue weighted by atomic mass is 9.85. The van der Waals surface area contributed by atoms with Crippen LogP contribution in [0.4, 0.5) is 0 Å². The SMILES string of the molecule is COc1nc2ccc(Br)cc2cc1[C@@H](c1ccccc1)[C@@H](O)CCN(C)C. The Hall–Kier alpha value is -1.95. The van der Waals surface area contributed by atoms with Crippen LogP contribution in [0.5, 0.6) is 5.88 Å². The van der Waals surface area contributed by atoms with Crippen molar-refractivity contribution < 1.29 is 9.84 Å². The fraction of sp³-hybridized carbons (Fsp3) is 0.318. The Labute approximate surface area is 168 Å². The average molecular weight is 429 g/mol. The lowest BCUT2D eigenvalue weighted by Crippen LogP contribution is -2.26. The zero-order valence-corrected chi connectivity index (χ0v) is 17.5. The molecule has 2 atom stereocenters. The van der Waals surface area contributed by atoms with E-state index in [1.807, 2.05) is 62.6 Å². The van der Waals surface area contributed by atoms with E-state index < -0.39 is 6.10 Å². The largest absolute Gasteiger partial charge is 0.481 e. The summed E-state index contributed by atoms with van der Waals surface area (Å²) >= 11 is 3.53. The van der Waals surface area contributed by atoms with Gasteiger partial charge >= 0.3 is 0 Å². The van der Waals surface area contributed by atoms with Crippen LogP contribution in [0.15, 0.2) is 59.1 Å². The van der Waals surface area contributed by atoms with Gasteiger partial charge in [-0.2, -0.15) is 0 Å². The van der Waals surface area contributed by atoms with Gasteiger partial charge in [0.2, 0.25) is 5.88 Å². The minimum Gasteiger partial charge on any atom is -0.481 e. The summed E-state index contributed by atoms with van der Waals surface area (Å²) < 4.78 is 6.62. The van der Waals surface area contributed by atoms with Gasteiger partial charge in [0.05, 0.1) is 18.7 Å². The molecule has 1 aromatic heterocycles. The summed E-state index contributed by atoms with van der Waals surface area (Å²) in [5, 5.41) is 12.1. The molecule has 0 aliphatic heterocycles. The zero-order chi connectivity index (χ0) is 19.4. The number of aromatic nitrogens is 1. The van der Waals surface area contributed by atoms with E-state index in [4.69, 9.17) is 9.72 Å². The Morgan fingerprint density at radius 2 is 1.85 bits per heavy atom. The summed E-state index contributed by atoms with van der Waals surface area (Å²) in [6.45, 7) is 0.805. The normalized spacial score (nSPS) is 13.7. The van der Waals surface area contributed by atoms with E-state index in [1.165, 1.54) is 0 Å². The van der Waals surface area contributed by atoms with E-state index >= 15 is 0 Å². The van der Waals surface area contributed by atoms with Gasteiger partial charge in [-0.25, -0.2) is 4.98 Å². The number of ether oxygens (including phenoxy) is 1. The second-order valence-corrected chi connectivity index (χ2v) is 7.89. The second kappa shape index (κ2) is 8.83. The van der Waals surface area contributed by atoms with E-state index in [-0.39, 0.29) is 5.92 Å². The van der Waals surface area contributed by atoms with E-state index in [2.05, 4.69) is 26.9 Å². The maximum Gasteiger partial charge on any atom is 0.217 e. The van der Waals surface area contributed by atoms with Crippen molar-refractivity contribution in [3.63, 3.8) is 0 Å². The average Bonchev–Trinajstić information content (AvgIpc) is 2.66. The maximum atomic E-state index is 11.1. The van der Waals surface area contributed by atoms with Gasteiger partial charge in [-0.15, -0.1) is 0 Å². The van der Waals surface area contributed by atoms with Crippen molar-refractivity contribution in [2.45, 2.75) is 18.4 Å². The molecule has 4 nitrogen and oxygen atoms in total. The molecule has 0 radical (unpaired) electrons. The quantitative estimate of drug-likeness (QED) is 0.603.